The number of Topliss-reactive ketones (excluding diaryl/α,β-unsaturated/α-hetero) is 1. The van der Waals surface area contributed by atoms with Crippen LogP contribution in [0.25, 0.3) is 5.76 Å². The van der Waals surface area contributed by atoms with E-state index in [1.807, 2.05) is 44.2 Å². The fourth-order valence-electron chi connectivity index (χ4n) is 4.56. The van der Waals surface area contributed by atoms with Crippen LogP contribution in [0.15, 0.2) is 48.0 Å². The van der Waals surface area contributed by atoms with E-state index in [1.165, 1.54) is 4.90 Å². The second-order valence-electron chi connectivity index (χ2n) is 8.71. The van der Waals surface area contributed by atoms with Crippen LogP contribution in [0.1, 0.15) is 49.4 Å². The molecule has 2 heterocycles. The quantitative estimate of drug-likeness (QED) is 0.258. The predicted octanol–water partition coefficient (Wildman–Crippen LogP) is 4.26. The Kier molecular flexibility index (Phi) is 7.22. The molecular formula is C27H31NO6. The summed E-state index contributed by atoms with van der Waals surface area (Å²) in [7, 11) is 1.60. The number of benzene rings is 2. The number of rotatable bonds is 9. The van der Waals surface area contributed by atoms with Crippen LogP contribution in [0.3, 0.4) is 0 Å². The van der Waals surface area contributed by atoms with Gasteiger partial charge in [-0.1, -0.05) is 19.1 Å². The number of carbonyl (C=O) groups is 2. The first-order valence-corrected chi connectivity index (χ1v) is 11.7. The van der Waals surface area contributed by atoms with Gasteiger partial charge in [0.05, 0.1) is 18.2 Å². The molecule has 0 saturated carbocycles. The molecule has 0 spiro atoms. The van der Waals surface area contributed by atoms with Gasteiger partial charge in [0.1, 0.15) is 23.4 Å². The highest BCUT2D eigenvalue weighted by atomic mass is 16.5. The summed E-state index contributed by atoms with van der Waals surface area (Å²) < 4.78 is 16.7. The lowest BCUT2D eigenvalue weighted by Gasteiger charge is -2.25. The van der Waals surface area contributed by atoms with E-state index in [1.54, 1.807) is 19.2 Å². The van der Waals surface area contributed by atoms with Crippen molar-refractivity contribution < 1.29 is 28.9 Å². The van der Waals surface area contributed by atoms with Crippen molar-refractivity contribution in [2.24, 2.45) is 0 Å². The molecule has 0 aliphatic carbocycles. The van der Waals surface area contributed by atoms with Gasteiger partial charge in [-0.25, -0.2) is 0 Å². The second-order valence-corrected chi connectivity index (χ2v) is 8.71. The zero-order chi connectivity index (χ0) is 24.2. The van der Waals surface area contributed by atoms with Crippen LogP contribution >= 0.6 is 0 Å². The third-order valence-electron chi connectivity index (χ3n) is 6.10. The highest BCUT2D eigenvalue weighted by Crippen LogP contribution is 2.41. The summed E-state index contributed by atoms with van der Waals surface area (Å²) in [6.07, 6.45) is 2.22. The standard InChI is InChI=1S/C27H31NO6/c1-4-12-33-21-8-5-7-18(16-21)24-23(26(30)27(31)28(24)11-6-13-32-3)25(29)19-9-10-22-20(15-19)14-17(2)34-22/h5,7-10,15-17,24,29H,4,6,11-14H2,1-3H3/t17-,24-/m1/s1. The van der Waals surface area contributed by atoms with Crippen LogP contribution in [0.5, 0.6) is 11.5 Å². The monoisotopic (exact) mass is 465 g/mol. The molecular weight excluding hydrogens is 434 g/mol. The zero-order valence-electron chi connectivity index (χ0n) is 19.9. The third-order valence-corrected chi connectivity index (χ3v) is 6.10. The number of nitrogens with zero attached hydrogens (tertiary/aromatic N) is 1. The van der Waals surface area contributed by atoms with Gasteiger partial charge in [-0.2, -0.15) is 0 Å². The van der Waals surface area contributed by atoms with E-state index in [9.17, 15) is 14.7 Å². The van der Waals surface area contributed by atoms with Gasteiger partial charge in [-0.05, 0) is 61.2 Å². The van der Waals surface area contributed by atoms with Crippen molar-refractivity contribution in [3.8, 4) is 11.5 Å². The molecule has 0 unspecified atom stereocenters. The SMILES string of the molecule is CCCOc1cccc([C@@H]2C(=C(O)c3ccc4c(c3)C[C@@H](C)O4)C(=O)C(=O)N2CCCOC)c1. The van der Waals surface area contributed by atoms with Crippen molar-refractivity contribution in [2.45, 2.75) is 45.3 Å². The first-order chi connectivity index (χ1) is 16.4. The van der Waals surface area contributed by atoms with Gasteiger partial charge in [0, 0.05) is 32.2 Å². The Morgan fingerprint density at radius 3 is 2.76 bits per heavy atom. The summed E-state index contributed by atoms with van der Waals surface area (Å²) in [4.78, 5) is 27.8. The molecule has 2 aromatic carbocycles. The normalized spacial score (nSPS) is 21.0. The summed E-state index contributed by atoms with van der Waals surface area (Å²) >= 11 is 0. The van der Waals surface area contributed by atoms with E-state index in [-0.39, 0.29) is 17.4 Å². The Labute approximate surface area is 199 Å². The Bertz CT molecular complexity index is 1110. The van der Waals surface area contributed by atoms with Crippen molar-refractivity contribution in [3.63, 3.8) is 0 Å². The van der Waals surface area contributed by atoms with Crippen molar-refractivity contribution in [2.75, 3.05) is 26.9 Å². The largest absolute Gasteiger partial charge is 0.507 e. The van der Waals surface area contributed by atoms with E-state index >= 15 is 0 Å². The van der Waals surface area contributed by atoms with Crippen LogP contribution < -0.4 is 9.47 Å². The summed E-state index contributed by atoms with van der Waals surface area (Å²) in [5.41, 5.74) is 2.26. The molecule has 1 N–H and O–H groups in total. The Morgan fingerprint density at radius 2 is 2.00 bits per heavy atom. The Hall–Kier alpha value is -3.32. The molecule has 1 amide bonds. The van der Waals surface area contributed by atoms with Gasteiger partial charge >= 0.3 is 0 Å². The summed E-state index contributed by atoms with van der Waals surface area (Å²) in [5.74, 6) is -0.0581. The highest BCUT2D eigenvalue weighted by molar-refractivity contribution is 6.46. The zero-order valence-corrected chi connectivity index (χ0v) is 19.9. The molecule has 0 radical (unpaired) electrons. The lowest BCUT2D eigenvalue weighted by Crippen LogP contribution is -2.31. The smallest absolute Gasteiger partial charge is 0.295 e. The van der Waals surface area contributed by atoms with E-state index in [0.717, 1.165) is 24.2 Å². The number of ketones is 1. The molecule has 2 aromatic rings. The van der Waals surface area contributed by atoms with Crippen LogP contribution in [0, 0.1) is 0 Å². The maximum atomic E-state index is 13.2. The maximum Gasteiger partial charge on any atom is 0.295 e. The molecule has 34 heavy (non-hydrogen) atoms. The van der Waals surface area contributed by atoms with Crippen molar-refractivity contribution in [1.29, 1.82) is 0 Å². The molecule has 180 valence electrons. The maximum absolute atomic E-state index is 13.2. The summed E-state index contributed by atoms with van der Waals surface area (Å²) in [6.45, 7) is 5.36. The number of methoxy groups -OCH3 is 1. The summed E-state index contributed by atoms with van der Waals surface area (Å²) in [5, 5.41) is 11.3. The molecule has 4 rings (SSSR count). The van der Waals surface area contributed by atoms with Crippen LogP contribution in [0.4, 0.5) is 0 Å². The number of likely N-dealkylation sites (tertiary alicyclic amines) is 1. The Balaban J connectivity index is 1.78. The van der Waals surface area contributed by atoms with Gasteiger partial charge < -0.3 is 24.2 Å². The minimum Gasteiger partial charge on any atom is -0.507 e. The molecule has 7 nitrogen and oxygen atoms in total. The van der Waals surface area contributed by atoms with Gasteiger partial charge in [-0.15, -0.1) is 0 Å². The minimum atomic E-state index is -0.717. The number of aliphatic hydroxyl groups is 1. The molecule has 1 fully saturated rings. The number of hydrogen-bond donors (Lipinski definition) is 1. The molecule has 7 heteroatoms. The van der Waals surface area contributed by atoms with Crippen LogP contribution in [0.2, 0.25) is 0 Å². The predicted molar refractivity (Wildman–Crippen MR) is 128 cm³/mol. The average molecular weight is 466 g/mol. The van der Waals surface area contributed by atoms with Crippen molar-refractivity contribution >= 4 is 17.4 Å². The van der Waals surface area contributed by atoms with E-state index in [0.29, 0.717) is 43.1 Å². The third kappa shape index (κ3) is 4.66. The lowest BCUT2D eigenvalue weighted by molar-refractivity contribution is -0.140. The highest BCUT2D eigenvalue weighted by Gasteiger charge is 2.46. The van der Waals surface area contributed by atoms with Crippen LogP contribution in [-0.4, -0.2) is 54.7 Å². The topological polar surface area (TPSA) is 85.3 Å². The van der Waals surface area contributed by atoms with Crippen molar-refractivity contribution in [3.05, 3.63) is 64.7 Å². The number of aliphatic hydroxyl groups excluding tert-OH is 1. The Morgan fingerprint density at radius 1 is 1.18 bits per heavy atom. The van der Waals surface area contributed by atoms with Crippen molar-refractivity contribution in [1.82, 2.24) is 4.90 Å². The fourth-order valence-corrected chi connectivity index (χ4v) is 4.56. The van der Waals surface area contributed by atoms with Gasteiger partial charge in [-0.3, -0.25) is 9.59 Å². The molecule has 1 saturated heterocycles. The average Bonchev–Trinajstić information content (AvgIpc) is 3.33. The molecule has 0 bridgehead atoms. The number of amides is 1. The van der Waals surface area contributed by atoms with Gasteiger partial charge in [0.25, 0.3) is 11.7 Å². The fraction of sp³-hybridized carbons (Fsp3) is 0.407. The number of ether oxygens (including phenoxy) is 3. The molecule has 2 aliphatic heterocycles. The lowest BCUT2D eigenvalue weighted by atomic mass is 9.94. The van der Waals surface area contributed by atoms with E-state index in [4.69, 9.17) is 14.2 Å². The second kappa shape index (κ2) is 10.3. The van der Waals surface area contributed by atoms with Crippen LogP contribution in [-0.2, 0) is 20.7 Å². The first kappa shape index (κ1) is 23.8. The number of hydrogen-bond acceptors (Lipinski definition) is 6. The van der Waals surface area contributed by atoms with E-state index < -0.39 is 17.7 Å². The molecule has 2 atom stereocenters. The van der Waals surface area contributed by atoms with Gasteiger partial charge in [0.2, 0.25) is 0 Å². The molecule has 2 aliphatic rings. The molecule has 0 aromatic heterocycles. The summed E-state index contributed by atoms with van der Waals surface area (Å²) in [6, 6.07) is 12.0. The first-order valence-electron chi connectivity index (χ1n) is 11.7. The number of carbonyl (C=O) groups excluding carboxylic acids is 2. The van der Waals surface area contributed by atoms with Gasteiger partial charge in [0.15, 0.2) is 0 Å². The minimum absolute atomic E-state index is 0.0598. The number of fused-ring (bicyclic) bond motifs is 1. The van der Waals surface area contributed by atoms with E-state index in [2.05, 4.69) is 0 Å².